The minimum atomic E-state index is -1.41. The van der Waals surface area contributed by atoms with Crippen LogP contribution in [0.25, 0.3) is 0 Å². The summed E-state index contributed by atoms with van der Waals surface area (Å²) in [5.41, 5.74) is 0.810. The van der Waals surface area contributed by atoms with E-state index >= 15 is 0 Å². The van der Waals surface area contributed by atoms with Gasteiger partial charge in [0, 0.05) is 12.1 Å². The number of pyridine rings is 1. The molecule has 0 aliphatic rings. The van der Waals surface area contributed by atoms with Crippen molar-refractivity contribution < 1.29 is 18.4 Å². The molecule has 106 valence electrons. The first-order valence-corrected chi connectivity index (χ1v) is 7.25. The normalized spacial score (nSPS) is 11.9. The molecular formula is C14H15NO4S. The number of methoxy groups -OCH3 is 2. The fourth-order valence-electron chi connectivity index (χ4n) is 1.78. The third-order valence-corrected chi connectivity index (χ3v) is 4.15. The molecule has 1 unspecified atom stereocenters. The molecule has 0 bridgehead atoms. The summed E-state index contributed by atoms with van der Waals surface area (Å²) in [4.78, 5) is 0. The summed E-state index contributed by atoms with van der Waals surface area (Å²) in [7, 11) is 1.69. The topological polar surface area (TPSA) is 62.5 Å². The molecule has 0 saturated carbocycles. The molecule has 0 fully saturated rings. The van der Waals surface area contributed by atoms with Gasteiger partial charge < -0.3 is 14.7 Å². The number of aromatic nitrogens is 1. The Morgan fingerprint density at radius 3 is 2.55 bits per heavy atom. The van der Waals surface area contributed by atoms with Gasteiger partial charge in [0.1, 0.15) is 10.8 Å². The Bertz CT molecular complexity index is 630. The predicted molar refractivity (Wildman–Crippen MR) is 75.1 cm³/mol. The van der Waals surface area contributed by atoms with E-state index < -0.39 is 10.8 Å². The highest BCUT2D eigenvalue weighted by Gasteiger charge is 2.15. The van der Waals surface area contributed by atoms with Crippen molar-refractivity contribution >= 4 is 10.8 Å². The molecule has 1 atom stereocenters. The van der Waals surface area contributed by atoms with E-state index in [-0.39, 0.29) is 10.8 Å². The van der Waals surface area contributed by atoms with Crippen LogP contribution in [0.3, 0.4) is 0 Å². The Morgan fingerprint density at radius 1 is 1.15 bits per heavy atom. The lowest BCUT2D eigenvalue weighted by atomic mass is 10.2. The summed E-state index contributed by atoms with van der Waals surface area (Å²) in [5, 5.41) is 11.8. The fraction of sp³-hybridized carbons (Fsp3) is 0.214. The van der Waals surface area contributed by atoms with Gasteiger partial charge >= 0.3 is 0 Å². The number of hydrogen-bond donors (Lipinski definition) is 0. The monoisotopic (exact) mass is 293 g/mol. The van der Waals surface area contributed by atoms with Gasteiger partial charge in [-0.25, -0.2) is 4.21 Å². The van der Waals surface area contributed by atoms with Gasteiger partial charge in [-0.3, -0.25) is 0 Å². The average molecular weight is 293 g/mol. The summed E-state index contributed by atoms with van der Waals surface area (Å²) in [6, 6.07) is 10.2. The summed E-state index contributed by atoms with van der Waals surface area (Å²) < 4.78 is 23.2. The van der Waals surface area contributed by atoms with Gasteiger partial charge in [-0.05, 0) is 23.8 Å². The van der Waals surface area contributed by atoms with Crippen LogP contribution in [0.4, 0.5) is 0 Å². The molecule has 1 aromatic carbocycles. The number of rotatable bonds is 5. The quantitative estimate of drug-likeness (QED) is 0.621. The Kier molecular flexibility index (Phi) is 4.57. The zero-order chi connectivity index (χ0) is 14.5. The maximum Gasteiger partial charge on any atom is 0.281 e. The van der Waals surface area contributed by atoms with Crippen LogP contribution in [0, 0.1) is 5.21 Å². The summed E-state index contributed by atoms with van der Waals surface area (Å²) in [6.45, 7) is 0. The molecule has 0 N–H and O–H groups in total. The average Bonchev–Trinajstić information content (AvgIpc) is 2.47. The second-order valence-electron chi connectivity index (χ2n) is 4.04. The van der Waals surface area contributed by atoms with Crippen LogP contribution >= 0.6 is 0 Å². The first kappa shape index (κ1) is 14.3. The van der Waals surface area contributed by atoms with Crippen molar-refractivity contribution in [2.45, 2.75) is 10.8 Å². The van der Waals surface area contributed by atoms with Gasteiger partial charge in [0.05, 0.1) is 20.0 Å². The molecule has 0 saturated heterocycles. The van der Waals surface area contributed by atoms with E-state index in [4.69, 9.17) is 9.47 Å². The lowest BCUT2D eigenvalue weighted by Gasteiger charge is -2.09. The highest BCUT2D eigenvalue weighted by Crippen LogP contribution is 2.28. The van der Waals surface area contributed by atoms with E-state index in [9.17, 15) is 9.42 Å². The summed E-state index contributed by atoms with van der Waals surface area (Å²) in [6.07, 6.45) is 1.34. The largest absolute Gasteiger partial charge is 0.618 e. The molecule has 2 aromatic rings. The predicted octanol–water partition coefficient (Wildman–Crippen LogP) is 1.64. The fourth-order valence-corrected chi connectivity index (χ4v) is 2.91. The number of ether oxygens (including phenoxy) is 2. The van der Waals surface area contributed by atoms with E-state index in [2.05, 4.69) is 0 Å². The number of nitrogens with zero attached hydrogens (tertiary/aromatic N) is 1. The maximum absolute atomic E-state index is 12.2. The molecule has 1 aromatic heterocycles. The first-order valence-electron chi connectivity index (χ1n) is 5.93. The Hall–Kier alpha value is -2.08. The SMILES string of the molecule is COc1ccc(CS(=O)c2cccc[n+]2[O-])cc1OC. The van der Waals surface area contributed by atoms with Crippen LogP contribution in [0.2, 0.25) is 0 Å². The van der Waals surface area contributed by atoms with E-state index in [0.717, 1.165) is 5.56 Å². The van der Waals surface area contributed by atoms with Gasteiger partial charge in [0.25, 0.3) is 5.03 Å². The van der Waals surface area contributed by atoms with Crippen molar-refractivity contribution in [2.75, 3.05) is 14.2 Å². The minimum Gasteiger partial charge on any atom is -0.618 e. The third kappa shape index (κ3) is 3.08. The highest BCUT2D eigenvalue weighted by atomic mass is 32.2. The van der Waals surface area contributed by atoms with E-state index in [1.807, 2.05) is 0 Å². The molecule has 0 aliphatic carbocycles. The Morgan fingerprint density at radius 2 is 1.90 bits per heavy atom. The smallest absolute Gasteiger partial charge is 0.281 e. The Balaban J connectivity index is 2.22. The van der Waals surface area contributed by atoms with Gasteiger partial charge in [-0.2, -0.15) is 4.73 Å². The van der Waals surface area contributed by atoms with E-state index in [0.29, 0.717) is 16.2 Å². The van der Waals surface area contributed by atoms with Crippen molar-refractivity contribution in [2.24, 2.45) is 0 Å². The Labute approximate surface area is 119 Å². The molecule has 0 aliphatic heterocycles. The molecular weight excluding hydrogens is 278 g/mol. The molecule has 5 nitrogen and oxygen atoms in total. The lowest BCUT2D eigenvalue weighted by molar-refractivity contribution is -0.646. The zero-order valence-electron chi connectivity index (χ0n) is 11.2. The van der Waals surface area contributed by atoms with Crippen LogP contribution in [0.5, 0.6) is 11.5 Å². The number of hydrogen-bond acceptors (Lipinski definition) is 4. The summed E-state index contributed by atoms with van der Waals surface area (Å²) in [5.74, 6) is 1.43. The molecule has 0 radical (unpaired) electrons. The van der Waals surface area contributed by atoms with Gasteiger partial charge in [-0.1, -0.05) is 6.07 Å². The summed E-state index contributed by atoms with van der Waals surface area (Å²) >= 11 is 0. The highest BCUT2D eigenvalue weighted by molar-refractivity contribution is 7.84. The van der Waals surface area contributed by atoms with Crippen molar-refractivity contribution in [3.05, 3.63) is 53.4 Å². The van der Waals surface area contributed by atoms with Gasteiger partial charge in [-0.15, -0.1) is 0 Å². The minimum absolute atomic E-state index is 0.238. The van der Waals surface area contributed by atoms with Crippen molar-refractivity contribution in [3.8, 4) is 11.5 Å². The number of benzene rings is 1. The van der Waals surface area contributed by atoms with E-state index in [1.54, 1.807) is 50.6 Å². The second kappa shape index (κ2) is 6.38. The standard InChI is InChI=1S/C14H15NO4S/c1-18-12-7-6-11(9-13(12)19-2)10-20(17)14-5-3-4-8-15(14)16/h3-9H,10H2,1-2H3. The van der Waals surface area contributed by atoms with E-state index in [1.165, 1.54) is 6.20 Å². The lowest BCUT2D eigenvalue weighted by Crippen LogP contribution is -2.31. The maximum atomic E-state index is 12.2. The molecule has 2 rings (SSSR count). The van der Waals surface area contributed by atoms with Crippen LogP contribution in [0.15, 0.2) is 47.6 Å². The van der Waals surface area contributed by atoms with Crippen LogP contribution in [-0.2, 0) is 16.6 Å². The van der Waals surface area contributed by atoms with Gasteiger partial charge in [0.2, 0.25) is 0 Å². The van der Waals surface area contributed by atoms with Crippen molar-refractivity contribution in [1.29, 1.82) is 0 Å². The molecule has 1 heterocycles. The third-order valence-electron chi connectivity index (χ3n) is 2.77. The van der Waals surface area contributed by atoms with Crippen molar-refractivity contribution in [1.82, 2.24) is 0 Å². The van der Waals surface area contributed by atoms with Crippen LogP contribution < -0.4 is 14.2 Å². The first-order chi connectivity index (χ1) is 9.65. The van der Waals surface area contributed by atoms with Crippen molar-refractivity contribution in [3.63, 3.8) is 0 Å². The molecule has 20 heavy (non-hydrogen) atoms. The van der Waals surface area contributed by atoms with Crippen LogP contribution in [-0.4, -0.2) is 18.4 Å². The van der Waals surface area contributed by atoms with Crippen LogP contribution in [0.1, 0.15) is 5.56 Å². The molecule has 6 heteroatoms. The molecule has 0 spiro atoms. The van der Waals surface area contributed by atoms with Gasteiger partial charge in [0.15, 0.2) is 17.7 Å². The zero-order valence-corrected chi connectivity index (χ0v) is 12.1. The second-order valence-corrected chi connectivity index (χ2v) is 5.44. The molecule has 0 amide bonds.